The average molecular weight is 262 g/mol. The third kappa shape index (κ3) is 4.39. The van der Waals surface area contributed by atoms with Crippen molar-refractivity contribution in [2.75, 3.05) is 36.8 Å². The molecule has 106 valence electrons. The maximum Gasteiger partial charge on any atom is 0.127 e. The molecule has 1 aromatic rings. The van der Waals surface area contributed by atoms with Gasteiger partial charge in [-0.05, 0) is 45.3 Å². The number of rotatable bonds is 7. The highest BCUT2D eigenvalue weighted by molar-refractivity contribution is 5.51. The second kappa shape index (κ2) is 7.34. The van der Waals surface area contributed by atoms with E-state index in [0.717, 1.165) is 31.0 Å². The largest absolute Gasteiger partial charge is 0.383 e. The molecule has 0 aliphatic carbocycles. The van der Waals surface area contributed by atoms with Gasteiger partial charge in [-0.3, -0.25) is 4.90 Å². The predicted molar refractivity (Wildman–Crippen MR) is 81.8 cm³/mol. The first-order chi connectivity index (χ1) is 9.29. The van der Waals surface area contributed by atoms with Gasteiger partial charge in [0.2, 0.25) is 0 Å². The molecule has 2 N–H and O–H groups in total. The van der Waals surface area contributed by atoms with Gasteiger partial charge in [0.15, 0.2) is 0 Å². The molecular formula is C15H26N4. The third-order valence-electron chi connectivity index (χ3n) is 3.68. The van der Waals surface area contributed by atoms with E-state index >= 15 is 0 Å². The van der Waals surface area contributed by atoms with E-state index in [0.29, 0.717) is 6.04 Å². The molecule has 0 radical (unpaired) electrons. The first-order valence-electron chi connectivity index (χ1n) is 7.47. The second-order valence-corrected chi connectivity index (χ2v) is 5.33. The number of nitrogens with one attached hydrogen (secondary N) is 2. The van der Waals surface area contributed by atoms with Crippen molar-refractivity contribution in [1.29, 1.82) is 0 Å². The number of hydrogen-bond acceptors (Lipinski definition) is 4. The van der Waals surface area contributed by atoms with Crippen molar-refractivity contribution in [3.63, 3.8) is 0 Å². The van der Waals surface area contributed by atoms with E-state index in [1.54, 1.807) is 0 Å². The molecule has 4 heteroatoms. The molecule has 1 aliphatic heterocycles. The number of anilines is 2. The number of aromatic nitrogens is 1. The van der Waals surface area contributed by atoms with Crippen molar-refractivity contribution < 1.29 is 0 Å². The van der Waals surface area contributed by atoms with E-state index in [4.69, 9.17) is 0 Å². The Morgan fingerprint density at radius 2 is 2.11 bits per heavy atom. The highest BCUT2D eigenvalue weighted by Crippen LogP contribution is 2.14. The van der Waals surface area contributed by atoms with Crippen LogP contribution in [0.5, 0.6) is 0 Å². The molecule has 0 saturated carbocycles. The van der Waals surface area contributed by atoms with Crippen molar-refractivity contribution >= 4 is 11.5 Å². The zero-order valence-electron chi connectivity index (χ0n) is 12.2. The highest BCUT2D eigenvalue weighted by Gasteiger charge is 2.17. The summed E-state index contributed by atoms with van der Waals surface area (Å²) in [6.45, 7) is 8.94. The summed E-state index contributed by atoms with van der Waals surface area (Å²) in [5.41, 5.74) is 1.15. The lowest BCUT2D eigenvalue weighted by Gasteiger charge is -2.24. The standard InChI is InChI=1S/C15H26N4/c1-3-7-16-15-11-14(6-8-17-15)18-12-13(2)19-9-4-5-10-19/h6,8,11,13H,3-5,7,9-10,12H2,1-2H3,(H2,16,17,18). The SMILES string of the molecule is CCCNc1cc(NCC(C)N2CCCC2)ccn1. The minimum atomic E-state index is 0.600. The molecule has 19 heavy (non-hydrogen) atoms. The van der Waals surface area contributed by atoms with Gasteiger partial charge in [-0.25, -0.2) is 4.98 Å². The van der Waals surface area contributed by atoms with Gasteiger partial charge in [-0.1, -0.05) is 6.92 Å². The van der Waals surface area contributed by atoms with Gasteiger partial charge in [0, 0.05) is 37.1 Å². The smallest absolute Gasteiger partial charge is 0.127 e. The maximum atomic E-state index is 4.32. The summed E-state index contributed by atoms with van der Waals surface area (Å²) >= 11 is 0. The minimum Gasteiger partial charge on any atom is -0.383 e. The summed E-state index contributed by atoms with van der Waals surface area (Å²) < 4.78 is 0. The number of pyridine rings is 1. The first-order valence-corrected chi connectivity index (χ1v) is 7.47. The van der Waals surface area contributed by atoms with E-state index < -0.39 is 0 Å². The molecule has 1 atom stereocenters. The molecule has 2 heterocycles. The fraction of sp³-hybridized carbons (Fsp3) is 0.667. The number of nitrogens with zero attached hydrogens (tertiary/aromatic N) is 2. The van der Waals surface area contributed by atoms with Crippen molar-refractivity contribution in [1.82, 2.24) is 9.88 Å². The fourth-order valence-corrected chi connectivity index (χ4v) is 2.47. The molecule has 0 amide bonds. The Hall–Kier alpha value is -1.29. The molecule has 1 fully saturated rings. The van der Waals surface area contributed by atoms with E-state index in [-0.39, 0.29) is 0 Å². The molecule has 2 rings (SSSR count). The summed E-state index contributed by atoms with van der Waals surface area (Å²) in [6, 6.07) is 4.72. The van der Waals surface area contributed by atoms with Gasteiger partial charge in [-0.2, -0.15) is 0 Å². The van der Waals surface area contributed by atoms with Gasteiger partial charge in [-0.15, -0.1) is 0 Å². The van der Waals surface area contributed by atoms with Crippen LogP contribution >= 0.6 is 0 Å². The van der Waals surface area contributed by atoms with Crippen molar-refractivity contribution in [3.8, 4) is 0 Å². The van der Waals surface area contributed by atoms with Gasteiger partial charge >= 0.3 is 0 Å². The summed E-state index contributed by atoms with van der Waals surface area (Å²) in [7, 11) is 0. The lowest BCUT2D eigenvalue weighted by atomic mass is 10.3. The Balaban J connectivity index is 1.81. The van der Waals surface area contributed by atoms with Crippen LogP contribution in [0.3, 0.4) is 0 Å². The van der Waals surface area contributed by atoms with Crippen LogP contribution in [-0.2, 0) is 0 Å². The molecule has 0 spiro atoms. The van der Waals surface area contributed by atoms with Crippen molar-refractivity contribution in [2.24, 2.45) is 0 Å². The summed E-state index contributed by atoms with van der Waals surface area (Å²) in [5.74, 6) is 0.959. The lowest BCUT2D eigenvalue weighted by Crippen LogP contribution is -2.35. The second-order valence-electron chi connectivity index (χ2n) is 5.33. The molecule has 1 unspecified atom stereocenters. The molecule has 1 aliphatic rings. The Labute approximate surface area is 116 Å². The van der Waals surface area contributed by atoms with E-state index in [1.165, 1.54) is 25.9 Å². The van der Waals surface area contributed by atoms with Crippen LogP contribution in [0.4, 0.5) is 11.5 Å². The lowest BCUT2D eigenvalue weighted by molar-refractivity contribution is 0.269. The van der Waals surface area contributed by atoms with Crippen LogP contribution in [0.1, 0.15) is 33.1 Å². The zero-order valence-corrected chi connectivity index (χ0v) is 12.2. The van der Waals surface area contributed by atoms with Crippen LogP contribution in [0.2, 0.25) is 0 Å². The Bertz CT molecular complexity index is 374. The Morgan fingerprint density at radius 3 is 2.84 bits per heavy atom. The highest BCUT2D eigenvalue weighted by atomic mass is 15.2. The topological polar surface area (TPSA) is 40.2 Å². The van der Waals surface area contributed by atoms with E-state index in [1.807, 2.05) is 12.3 Å². The first kappa shape index (κ1) is 14.1. The summed E-state index contributed by atoms with van der Waals surface area (Å²) in [6.07, 6.45) is 5.68. The Morgan fingerprint density at radius 1 is 1.32 bits per heavy atom. The predicted octanol–water partition coefficient (Wildman–Crippen LogP) is 2.80. The molecule has 1 saturated heterocycles. The molecular weight excluding hydrogens is 236 g/mol. The molecule has 4 nitrogen and oxygen atoms in total. The average Bonchev–Trinajstić information content (AvgIpc) is 2.97. The number of hydrogen-bond donors (Lipinski definition) is 2. The molecule has 1 aromatic heterocycles. The maximum absolute atomic E-state index is 4.32. The van der Waals surface area contributed by atoms with Crippen LogP contribution in [0, 0.1) is 0 Å². The monoisotopic (exact) mass is 262 g/mol. The minimum absolute atomic E-state index is 0.600. The summed E-state index contributed by atoms with van der Waals surface area (Å²) in [4.78, 5) is 6.88. The fourth-order valence-electron chi connectivity index (χ4n) is 2.47. The van der Waals surface area contributed by atoms with Gasteiger partial charge in [0.05, 0.1) is 0 Å². The van der Waals surface area contributed by atoms with Crippen molar-refractivity contribution in [3.05, 3.63) is 18.3 Å². The normalized spacial score (nSPS) is 17.4. The van der Waals surface area contributed by atoms with Crippen LogP contribution in [0.15, 0.2) is 18.3 Å². The van der Waals surface area contributed by atoms with E-state index in [9.17, 15) is 0 Å². The van der Waals surface area contributed by atoms with Gasteiger partial charge in [0.25, 0.3) is 0 Å². The third-order valence-corrected chi connectivity index (χ3v) is 3.68. The number of likely N-dealkylation sites (tertiary alicyclic amines) is 1. The van der Waals surface area contributed by atoms with Crippen LogP contribution < -0.4 is 10.6 Å². The van der Waals surface area contributed by atoms with E-state index in [2.05, 4.69) is 40.4 Å². The Kier molecular flexibility index (Phi) is 5.45. The molecule has 0 bridgehead atoms. The van der Waals surface area contributed by atoms with Crippen LogP contribution in [0.25, 0.3) is 0 Å². The quantitative estimate of drug-likeness (QED) is 0.793. The van der Waals surface area contributed by atoms with Crippen molar-refractivity contribution in [2.45, 2.75) is 39.2 Å². The zero-order chi connectivity index (χ0) is 13.5. The van der Waals surface area contributed by atoms with Gasteiger partial charge < -0.3 is 10.6 Å². The summed E-state index contributed by atoms with van der Waals surface area (Å²) in [5, 5.41) is 6.83. The molecule has 0 aromatic carbocycles. The van der Waals surface area contributed by atoms with Crippen LogP contribution in [-0.4, -0.2) is 42.1 Å². The van der Waals surface area contributed by atoms with Gasteiger partial charge in [0.1, 0.15) is 5.82 Å².